The van der Waals surface area contributed by atoms with Gasteiger partial charge in [-0.1, -0.05) is 12.0 Å². The van der Waals surface area contributed by atoms with E-state index in [0.29, 0.717) is 25.4 Å². The van der Waals surface area contributed by atoms with E-state index < -0.39 is 12.0 Å². The van der Waals surface area contributed by atoms with Gasteiger partial charge in [0.2, 0.25) is 11.8 Å². The third-order valence-electron chi connectivity index (χ3n) is 5.13. The number of piperidine rings is 2. The molecular weight excluding hydrogens is 346 g/mol. The van der Waals surface area contributed by atoms with Crippen LogP contribution in [0.25, 0.3) is 0 Å². The molecule has 1 unspecified atom stereocenters. The molecule has 2 amide bonds. The topological polar surface area (TPSA) is 98.7 Å². The number of terminal acetylenes is 1. The van der Waals surface area contributed by atoms with Crippen molar-refractivity contribution in [2.45, 2.75) is 44.6 Å². The van der Waals surface area contributed by atoms with Crippen LogP contribution >= 0.6 is 0 Å². The fraction of sp³-hybridized carbons (Fsp3) is 0.650. The SMILES string of the molecule is C#C[C@H](CC(=O)O)NC(=O)[C@@H]1CCCN(C(=O)/C=C/CC2CCCNC2)C1. The quantitative estimate of drug-likeness (QED) is 0.451. The Labute approximate surface area is 160 Å². The summed E-state index contributed by atoms with van der Waals surface area (Å²) < 4.78 is 0. The Balaban J connectivity index is 1.81. The summed E-state index contributed by atoms with van der Waals surface area (Å²) in [4.78, 5) is 37.2. The lowest BCUT2D eigenvalue weighted by atomic mass is 9.95. The maximum atomic E-state index is 12.4. The standard InChI is InChI=1S/C20H29N3O4/c1-2-17(12-19(25)26)22-20(27)16-8-5-11-23(14-16)18(24)9-3-6-15-7-4-10-21-13-15/h1,3,9,15-17,21H,4-8,10-14H2,(H,22,27)(H,25,26)/b9-3+/t15?,16-,17-/m1/s1. The highest BCUT2D eigenvalue weighted by Gasteiger charge is 2.29. The molecule has 3 atom stereocenters. The first-order chi connectivity index (χ1) is 13.0. The summed E-state index contributed by atoms with van der Waals surface area (Å²) in [5.74, 6) is 1.09. The average molecular weight is 375 g/mol. The zero-order chi connectivity index (χ0) is 19.6. The molecule has 0 aliphatic carbocycles. The monoisotopic (exact) mass is 375 g/mol. The van der Waals surface area contributed by atoms with E-state index in [1.54, 1.807) is 11.0 Å². The maximum absolute atomic E-state index is 12.4. The van der Waals surface area contributed by atoms with Gasteiger partial charge >= 0.3 is 5.97 Å². The van der Waals surface area contributed by atoms with Crippen molar-refractivity contribution in [1.29, 1.82) is 0 Å². The van der Waals surface area contributed by atoms with Crippen LogP contribution in [0.5, 0.6) is 0 Å². The van der Waals surface area contributed by atoms with Gasteiger partial charge in [0.15, 0.2) is 0 Å². The second kappa shape index (κ2) is 10.7. The smallest absolute Gasteiger partial charge is 0.306 e. The molecule has 7 heteroatoms. The molecule has 3 N–H and O–H groups in total. The molecule has 7 nitrogen and oxygen atoms in total. The van der Waals surface area contributed by atoms with Gasteiger partial charge in [0.05, 0.1) is 12.3 Å². The normalized spacial score (nSPS) is 24.2. The minimum Gasteiger partial charge on any atom is -0.481 e. The van der Waals surface area contributed by atoms with Gasteiger partial charge < -0.3 is 20.6 Å². The van der Waals surface area contributed by atoms with Gasteiger partial charge in [-0.25, -0.2) is 0 Å². The number of aliphatic carboxylic acids is 1. The van der Waals surface area contributed by atoms with Crippen molar-refractivity contribution in [3.63, 3.8) is 0 Å². The second-order valence-corrected chi connectivity index (χ2v) is 7.30. The van der Waals surface area contributed by atoms with Gasteiger partial charge in [-0.15, -0.1) is 6.42 Å². The third-order valence-corrected chi connectivity index (χ3v) is 5.13. The number of likely N-dealkylation sites (tertiary alicyclic amines) is 1. The third kappa shape index (κ3) is 7.06. The van der Waals surface area contributed by atoms with Crippen molar-refractivity contribution in [2.24, 2.45) is 11.8 Å². The molecule has 2 aliphatic rings. The first-order valence-electron chi connectivity index (χ1n) is 9.64. The predicted molar refractivity (Wildman–Crippen MR) is 102 cm³/mol. The van der Waals surface area contributed by atoms with E-state index in [9.17, 15) is 14.4 Å². The van der Waals surface area contributed by atoms with Gasteiger partial charge in [0.1, 0.15) is 6.04 Å². The number of nitrogens with zero attached hydrogens (tertiary/aromatic N) is 1. The summed E-state index contributed by atoms with van der Waals surface area (Å²) in [6.07, 6.45) is 13.2. The predicted octanol–water partition coefficient (Wildman–Crippen LogP) is 0.764. The Morgan fingerprint density at radius 3 is 2.81 bits per heavy atom. The van der Waals surface area contributed by atoms with Crippen molar-refractivity contribution < 1.29 is 19.5 Å². The molecule has 2 aliphatic heterocycles. The second-order valence-electron chi connectivity index (χ2n) is 7.30. The fourth-order valence-electron chi connectivity index (χ4n) is 3.60. The van der Waals surface area contributed by atoms with Crippen LogP contribution in [0.4, 0.5) is 0 Å². The molecule has 0 spiro atoms. The van der Waals surface area contributed by atoms with Crippen molar-refractivity contribution in [3.05, 3.63) is 12.2 Å². The Bertz CT molecular complexity index is 605. The molecule has 2 rings (SSSR count). The molecule has 2 heterocycles. The molecule has 0 aromatic carbocycles. The van der Waals surface area contributed by atoms with E-state index in [1.807, 2.05) is 6.08 Å². The molecule has 0 radical (unpaired) electrons. The first kappa shape index (κ1) is 21.0. The molecule has 148 valence electrons. The van der Waals surface area contributed by atoms with Gasteiger partial charge in [0.25, 0.3) is 0 Å². The van der Waals surface area contributed by atoms with Gasteiger partial charge in [0, 0.05) is 13.1 Å². The number of nitrogens with one attached hydrogen (secondary N) is 2. The highest BCUT2D eigenvalue weighted by Crippen LogP contribution is 2.18. The van der Waals surface area contributed by atoms with Gasteiger partial charge in [-0.05, 0) is 57.2 Å². The number of hydrogen-bond acceptors (Lipinski definition) is 4. The number of carbonyl (C=O) groups is 3. The van der Waals surface area contributed by atoms with E-state index in [2.05, 4.69) is 16.6 Å². The average Bonchev–Trinajstić information content (AvgIpc) is 2.67. The number of allylic oxidation sites excluding steroid dienone is 1. The molecule has 2 saturated heterocycles. The number of amides is 2. The summed E-state index contributed by atoms with van der Waals surface area (Å²) in [6.45, 7) is 3.04. The van der Waals surface area contributed by atoms with Crippen molar-refractivity contribution >= 4 is 17.8 Å². The summed E-state index contributed by atoms with van der Waals surface area (Å²) in [7, 11) is 0. The van der Waals surface area contributed by atoms with Crippen LogP contribution in [-0.2, 0) is 14.4 Å². The number of hydrogen-bond donors (Lipinski definition) is 3. The Morgan fingerprint density at radius 2 is 2.15 bits per heavy atom. The van der Waals surface area contributed by atoms with E-state index in [1.165, 1.54) is 12.8 Å². The van der Waals surface area contributed by atoms with Crippen LogP contribution in [0.1, 0.15) is 38.5 Å². The molecule has 0 saturated carbocycles. The minimum atomic E-state index is -1.06. The highest BCUT2D eigenvalue weighted by atomic mass is 16.4. The first-order valence-corrected chi connectivity index (χ1v) is 9.64. The summed E-state index contributed by atoms with van der Waals surface area (Å²) >= 11 is 0. The number of carboxylic acids is 1. The lowest BCUT2D eigenvalue weighted by Crippen LogP contribution is -2.47. The van der Waals surface area contributed by atoms with E-state index in [-0.39, 0.29) is 24.2 Å². The van der Waals surface area contributed by atoms with Crippen LogP contribution in [0.15, 0.2) is 12.2 Å². The Kier molecular flexibility index (Phi) is 8.34. The Hall–Kier alpha value is -2.33. The molecule has 2 fully saturated rings. The van der Waals surface area contributed by atoms with Crippen LogP contribution < -0.4 is 10.6 Å². The molecular formula is C20H29N3O4. The number of carboxylic acid groups (broad SMARTS) is 1. The van der Waals surface area contributed by atoms with E-state index >= 15 is 0 Å². The van der Waals surface area contributed by atoms with E-state index in [0.717, 1.165) is 25.9 Å². The largest absolute Gasteiger partial charge is 0.481 e. The lowest BCUT2D eigenvalue weighted by Gasteiger charge is -2.32. The van der Waals surface area contributed by atoms with Crippen molar-refractivity contribution in [1.82, 2.24) is 15.5 Å². The van der Waals surface area contributed by atoms with Gasteiger partial charge in [-0.3, -0.25) is 14.4 Å². The minimum absolute atomic E-state index is 0.0738. The molecule has 0 aromatic rings. The maximum Gasteiger partial charge on any atom is 0.306 e. The van der Waals surface area contributed by atoms with Crippen LogP contribution in [0.2, 0.25) is 0 Å². The summed E-state index contributed by atoms with van der Waals surface area (Å²) in [5, 5.41) is 14.8. The molecule has 0 bridgehead atoms. The fourth-order valence-corrected chi connectivity index (χ4v) is 3.60. The number of carbonyl (C=O) groups excluding carboxylic acids is 2. The zero-order valence-electron chi connectivity index (χ0n) is 15.7. The van der Waals surface area contributed by atoms with Crippen LogP contribution in [-0.4, -0.2) is 60.0 Å². The molecule has 27 heavy (non-hydrogen) atoms. The zero-order valence-corrected chi connectivity index (χ0v) is 15.7. The highest BCUT2D eigenvalue weighted by molar-refractivity contribution is 5.88. The lowest BCUT2D eigenvalue weighted by molar-refractivity contribution is -0.137. The van der Waals surface area contributed by atoms with Gasteiger partial charge in [-0.2, -0.15) is 0 Å². The van der Waals surface area contributed by atoms with Crippen LogP contribution in [0.3, 0.4) is 0 Å². The van der Waals surface area contributed by atoms with E-state index in [4.69, 9.17) is 11.5 Å². The number of rotatable bonds is 7. The van der Waals surface area contributed by atoms with Crippen LogP contribution in [0, 0.1) is 24.2 Å². The van der Waals surface area contributed by atoms with Crippen molar-refractivity contribution in [3.8, 4) is 12.3 Å². The Morgan fingerprint density at radius 1 is 1.33 bits per heavy atom. The summed E-state index contributed by atoms with van der Waals surface area (Å²) in [6, 6.07) is -0.829. The van der Waals surface area contributed by atoms with Crippen molar-refractivity contribution in [2.75, 3.05) is 26.2 Å². The molecule has 0 aromatic heterocycles. The summed E-state index contributed by atoms with van der Waals surface area (Å²) in [5.41, 5.74) is 0.